The van der Waals surface area contributed by atoms with E-state index in [-0.39, 0.29) is 11.4 Å². The van der Waals surface area contributed by atoms with E-state index in [1.54, 1.807) is 22.5 Å². The molecule has 2 aromatic carbocycles. The molecule has 3 heterocycles. The lowest BCUT2D eigenvalue weighted by atomic mass is 10.3. The van der Waals surface area contributed by atoms with Crippen LogP contribution in [0.25, 0.3) is 17.5 Å². The Hall–Kier alpha value is -3.56. The number of nitrogens with zero attached hydrogens (tertiary/aromatic N) is 5. The Morgan fingerprint density at radius 1 is 1.03 bits per heavy atom. The third-order valence-electron chi connectivity index (χ3n) is 5.17. The van der Waals surface area contributed by atoms with Gasteiger partial charge in [0.1, 0.15) is 5.69 Å². The molecule has 1 aliphatic rings. The Bertz CT molecular complexity index is 1570. The fourth-order valence-electron chi connectivity index (χ4n) is 3.59. The smallest absolute Gasteiger partial charge is 0.296 e. The van der Waals surface area contributed by atoms with Crippen LogP contribution in [0.4, 0.5) is 0 Å². The monoisotopic (exact) mass is 447 g/mol. The number of rotatable bonds is 3. The van der Waals surface area contributed by atoms with Crippen molar-refractivity contribution in [2.75, 3.05) is 0 Å². The molecule has 0 radical (unpaired) electrons. The zero-order valence-corrected chi connectivity index (χ0v) is 18.3. The van der Waals surface area contributed by atoms with Gasteiger partial charge in [0.25, 0.3) is 5.56 Å². The van der Waals surface area contributed by atoms with Crippen LogP contribution in [0, 0.1) is 10.9 Å². The fourth-order valence-corrected chi connectivity index (χ4v) is 4.84. The first kappa shape index (κ1) is 19.4. The van der Waals surface area contributed by atoms with Crippen LogP contribution in [-0.4, -0.2) is 19.0 Å². The zero-order chi connectivity index (χ0) is 21.7. The van der Waals surface area contributed by atoms with Gasteiger partial charge in [-0.15, -0.1) is 11.3 Å². The van der Waals surface area contributed by atoms with E-state index in [0.717, 1.165) is 16.4 Å². The van der Waals surface area contributed by atoms with E-state index in [4.69, 9.17) is 12.2 Å². The maximum atomic E-state index is 13.3. The molecule has 1 N–H and O–H groups in total. The first-order chi connectivity index (χ1) is 15.0. The van der Waals surface area contributed by atoms with Gasteiger partial charge in [0, 0.05) is 13.1 Å². The second kappa shape index (κ2) is 7.29. The van der Waals surface area contributed by atoms with Gasteiger partial charge < -0.3 is 5.11 Å². The van der Waals surface area contributed by atoms with Crippen molar-refractivity contribution in [1.82, 2.24) is 13.9 Å². The predicted octanol–water partition coefficient (Wildman–Crippen LogP) is 3.02. The van der Waals surface area contributed by atoms with Gasteiger partial charge in [-0.25, -0.2) is 14.7 Å². The van der Waals surface area contributed by atoms with Crippen molar-refractivity contribution in [1.29, 1.82) is 0 Å². The number of hydrogen-bond acceptors (Lipinski definition) is 6. The molecule has 7 nitrogen and oxygen atoms in total. The molecule has 9 heteroatoms. The molecule has 4 aromatic rings. The number of aromatic nitrogens is 3. The maximum absolute atomic E-state index is 13.3. The molecule has 0 saturated heterocycles. The van der Waals surface area contributed by atoms with E-state index in [9.17, 15) is 9.90 Å². The molecule has 0 amide bonds. The molecule has 5 rings (SSSR count). The van der Waals surface area contributed by atoms with Crippen LogP contribution in [0.15, 0.2) is 75.2 Å². The van der Waals surface area contributed by atoms with Crippen LogP contribution in [0.3, 0.4) is 0 Å². The normalized spacial score (nSPS) is 12.4. The minimum Gasteiger partial charge on any atom is -0.493 e. The van der Waals surface area contributed by atoms with Gasteiger partial charge in [0.15, 0.2) is 9.78 Å². The summed E-state index contributed by atoms with van der Waals surface area (Å²) in [5, 5.41) is 12.5. The number of fused-ring (bicyclic) bond motifs is 1. The first-order valence-electron chi connectivity index (χ1n) is 9.49. The van der Waals surface area contributed by atoms with Crippen molar-refractivity contribution < 1.29 is 5.11 Å². The summed E-state index contributed by atoms with van der Waals surface area (Å²) >= 11 is 6.72. The van der Waals surface area contributed by atoms with Crippen LogP contribution in [0.2, 0.25) is 0 Å². The van der Waals surface area contributed by atoms with Crippen molar-refractivity contribution in [2.45, 2.75) is 6.92 Å². The van der Waals surface area contributed by atoms with Crippen molar-refractivity contribution in [2.24, 2.45) is 17.0 Å². The van der Waals surface area contributed by atoms with E-state index in [1.165, 1.54) is 15.9 Å². The van der Waals surface area contributed by atoms with Crippen LogP contribution in [0.1, 0.15) is 10.6 Å². The second-order valence-electron chi connectivity index (χ2n) is 7.02. The number of para-hydroxylation sites is 3. The Morgan fingerprint density at radius 3 is 2.29 bits per heavy atom. The van der Waals surface area contributed by atoms with E-state index < -0.39 is 0 Å². The van der Waals surface area contributed by atoms with Gasteiger partial charge in [-0.05, 0) is 43.4 Å². The van der Waals surface area contributed by atoms with Crippen molar-refractivity contribution in [3.05, 3.63) is 96.0 Å². The number of hydrogen-bond donors (Lipinski definition) is 1. The van der Waals surface area contributed by atoms with Gasteiger partial charge in [0.2, 0.25) is 5.88 Å². The Balaban J connectivity index is 1.67. The van der Waals surface area contributed by atoms with E-state index in [0.29, 0.717) is 26.0 Å². The number of aromatic hydroxyl groups is 1. The molecular weight excluding hydrogens is 430 g/mol. The SMILES string of the molecule is Cc1c(-n2c(O)c(C=C3N=c4ccccc4=N3)sc2=S)c(=O)n(-c2ccccc2)n1C. The van der Waals surface area contributed by atoms with E-state index in [2.05, 4.69) is 9.98 Å². The summed E-state index contributed by atoms with van der Waals surface area (Å²) in [6.07, 6.45) is 1.68. The molecule has 0 bridgehead atoms. The lowest BCUT2D eigenvalue weighted by Crippen LogP contribution is -2.21. The largest absolute Gasteiger partial charge is 0.493 e. The van der Waals surface area contributed by atoms with Crippen molar-refractivity contribution in [3.8, 4) is 17.3 Å². The summed E-state index contributed by atoms with van der Waals surface area (Å²) in [5.41, 5.74) is 1.46. The Labute approximate surface area is 185 Å². The average Bonchev–Trinajstić information content (AvgIpc) is 3.36. The van der Waals surface area contributed by atoms with Crippen LogP contribution in [-0.2, 0) is 7.05 Å². The highest BCUT2D eigenvalue weighted by atomic mass is 32.1. The Morgan fingerprint density at radius 2 is 1.65 bits per heavy atom. The third-order valence-corrected chi connectivity index (χ3v) is 6.48. The number of thiazole rings is 1. The van der Waals surface area contributed by atoms with Gasteiger partial charge in [-0.2, -0.15) is 0 Å². The minimum absolute atomic E-state index is 0.102. The standard InChI is InChI=1S/C22H17N5O2S2/c1-13-19(21(29)27(25(13)2)14-8-4-3-5-9-14)26-20(28)17(31-22(26)30)12-18-23-15-10-6-7-11-16(15)24-18/h3-12,28H,1-2H3. The average molecular weight is 448 g/mol. The molecule has 0 aliphatic carbocycles. The molecule has 154 valence electrons. The Kier molecular flexibility index (Phi) is 4.57. The quantitative estimate of drug-likeness (QED) is 0.491. The van der Waals surface area contributed by atoms with E-state index in [1.807, 2.05) is 61.5 Å². The van der Waals surface area contributed by atoms with Crippen LogP contribution >= 0.6 is 23.6 Å². The minimum atomic E-state index is -0.266. The molecule has 0 atom stereocenters. The van der Waals surface area contributed by atoms with Gasteiger partial charge in [-0.1, -0.05) is 30.3 Å². The molecule has 0 unspecified atom stereocenters. The first-order valence-corrected chi connectivity index (χ1v) is 10.7. The summed E-state index contributed by atoms with van der Waals surface area (Å²) in [4.78, 5) is 22.8. The third kappa shape index (κ3) is 3.09. The molecular formula is C22H17N5O2S2. The van der Waals surface area contributed by atoms with Crippen molar-refractivity contribution >= 4 is 29.6 Å². The second-order valence-corrected chi connectivity index (χ2v) is 8.69. The predicted molar refractivity (Wildman–Crippen MR) is 122 cm³/mol. The summed E-state index contributed by atoms with van der Waals surface area (Å²) in [6.45, 7) is 1.82. The zero-order valence-electron chi connectivity index (χ0n) is 16.7. The van der Waals surface area contributed by atoms with Gasteiger partial charge >= 0.3 is 0 Å². The number of benzene rings is 2. The topological polar surface area (TPSA) is 76.8 Å². The van der Waals surface area contributed by atoms with Crippen molar-refractivity contribution in [3.63, 3.8) is 0 Å². The maximum Gasteiger partial charge on any atom is 0.296 e. The summed E-state index contributed by atoms with van der Waals surface area (Å²) in [6, 6.07) is 16.9. The molecule has 31 heavy (non-hydrogen) atoms. The summed E-state index contributed by atoms with van der Waals surface area (Å²) in [5.74, 6) is 0.376. The lowest BCUT2D eigenvalue weighted by Gasteiger charge is -2.07. The van der Waals surface area contributed by atoms with E-state index >= 15 is 0 Å². The lowest BCUT2D eigenvalue weighted by molar-refractivity contribution is 0.440. The summed E-state index contributed by atoms with van der Waals surface area (Å²) in [7, 11) is 1.80. The molecule has 0 saturated carbocycles. The summed E-state index contributed by atoms with van der Waals surface area (Å²) < 4.78 is 5.10. The van der Waals surface area contributed by atoms with Crippen LogP contribution < -0.4 is 16.3 Å². The van der Waals surface area contributed by atoms with Crippen LogP contribution in [0.5, 0.6) is 5.88 Å². The fraction of sp³-hybridized carbons (Fsp3) is 0.0909. The highest BCUT2D eigenvalue weighted by Crippen LogP contribution is 2.32. The molecule has 0 spiro atoms. The molecule has 1 aliphatic heterocycles. The van der Waals surface area contributed by atoms with Gasteiger partial charge in [-0.3, -0.25) is 14.0 Å². The highest BCUT2D eigenvalue weighted by molar-refractivity contribution is 7.73. The highest BCUT2D eigenvalue weighted by Gasteiger charge is 2.23. The van der Waals surface area contributed by atoms with Gasteiger partial charge in [0.05, 0.1) is 27.0 Å². The molecule has 0 fully saturated rings. The molecule has 2 aromatic heterocycles.